The maximum atomic E-state index is 12.2. The lowest BCUT2D eigenvalue weighted by Crippen LogP contribution is -2.03. The second-order valence-corrected chi connectivity index (χ2v) is 5.58. The van der Waals surface area contributed by atoms with E-state index in [2.05, 4.69) is 20.7 Å². The number of alkyl halides is 3. The first-order valence-electron chi connectivity index (χ1n) is 6.40. The van der Waals surface area contributed by atoms with Crippen molar-refractivity contribution in [1.29, 1.82) is 0 Å². The molecule has 0 aliphatic heterocycles. The van der Waals surface area contributed by atoms with Gasteiger partial charge in [0.1, 0.15) is 11.5 Å². The Balaban J connectivity index is 2.06. The normalized spacial score (nSPS) is 12.2. The zero-order valence-corrected chi connectivity index (χ0v) is 13.0. The predicted octanol–water partition coefficient (Wildman–Crippen LogP) is 4.98. The van der Waals surface area contributed by atoms with E-state index in [0.29, 0.717) is 0 Å². The molecule has 21 heavy (non-hydrogen) atoms. The van der Waals surface area contributed by atoms with Crippen LogP contribution in [0.2, 0.25) is 0 Å². The van der Waals surface area contributed by atoms with Crippen LogP contribution < -0.4 is 9.47 Å². The Labute approximate surface area is 130 Å². The molecule has 0 heterocycles. The van der Waals surface area contributed by atoms with Crippen LogP contribution in [0, 0.1) is 0 Å². The maximum absolute atomic E-state index is 12.2. The lowest BCUT2D eigenvalue weighted by atomic mass is 10.0. The Bertz CT molecular complexity index is 573. The van der Waals surface area contributed by atoms with Gasteiger partial charge in [0.25, 0.3) is 0 Å². The molecule has 0 radical (unpaired) electrons. The molecule has 5 heteroatoms. The quantitative estimate of drug-likeness (QED) is 0.680. The lowest BCUT2D eigenvalue weighted by Gasteiger charge is -2.12. The summed E-state index contributed by atoms with van der Waals surface area (Å²) in [5, 5.41) is 0. The molecule has 1 atom stereocenters. The van der Waals surface area contributed by atoms with Gasteiger partial charge in [-0.25, -0.2) is 0 Å². The Morgan fingerprint density at radius 2 is 1.76 bits per heavy atom. The van der Waals surface area contributed by atoms with Crippen LogP contribution in [0.1, 0.15) is 16.0 Å². The first-order chi connectivity index (χ1) is 10.1. The fourth-order valence-corrected chi connectivity index (χ4v) is 2.63. The summed E-state index contributed by atoms with van der Waals surface area (Å²) in [5.41, 5.74) is 2.02. The number of hydrogen-bond acceptors (Lipinski definition) is 2. The summed E-state index contributed by atoms with van der Waals surface area (Å²) in [4.78, 5) is 0.0205. The lowest BCUT2D eigenvalue weighted by molar-refractivity contribution is -0.0498. The van der Waals surface area contributed by atoms with E-state index in [1.807, 2.05) is 30.3 Å². The van der Waals surface area contributed by atoms with Crippen LogP contribution in [0.4, 0.5) is 8.78 Å². The van der Waals surface area contributed by atoms with Crippen LogP contribution in [0.3, 0.4) is 0 Å². The largest absolute Gasteiger partial charge is 0.497 e. The standard InChI is InChI=1S/C16H15BrF2O2/c1-20-13-7-5-11(6-8-13)9-15(17)12-3-2-4-14(10-12)21-16(18)19/h2-8,10,15-16H,9H2,1H3. The molecule has 0 amide bonds. The van der Waals surface area contributed by atoms with Gasteiger partial charge in [0.2, 0.25) is 0 Å². The second kappa shape index (κ2) is 7.41. The van der Waals surface area contributed by atoms with E-state index < -0.39 is 6.61 Å². The average Bonchev–Trinajstić information content (AvgIpc) is 2.47. The minimum Gasteiger partial charge on any atom is -0.497 e. The van der Waals surface area contributed by atoms with Gasteiger partial charge in [-0.1, -0.05) is 40.2 Å². The van der Waals surface area contributed by atoms with E-state index in [1.165, 1.54) is 6.07 Å². The van der Waals surface area contributed by atoms with Crippen molar-refractivity contribution in [3.8, 4) is 11.5 Å². The Kier molecular flexibility index (Phi) is 5.56. The molecule has 2 nitrogen and oxygen atoms in total. The molecule has 0 fully saturated rings. The smallest absolute Gasteiger partial charge is 0.387 e. The van der Waals surface area contributed by atoms with E-state index in [0.717, 1.165) is 23.3 Å². The van der Waals surface area contributed by atoms with Crippen molar-refractivity contribution in [1.82, 2.24) is 0 Å². The van der Waals surface area contributed by atoms with E-state index in [9.17, 15) is 8.78 Å². The summed E-state index contributed by atoms with van der Waals surface area (Å²) in [5.74, 6) is 0.971. The molecular weight excluding hydrogens is 342 g/mol. The summed E-state index contributed by atoms with van der Waals surface area (Å²) < 4.78 is 34.0. The van der Waals surface area contributed by atoms with Crippen molar-refractivity contribution in [2.75, 3.05) is 7.11 Å². The van der Waals surface area contributed by atoms with E-state index in [-0.39, 0.29) is 10.6 Å². The summed E-state index contributed by atoms with van der Waals surface area (Å²) in [6, 6.07) is 14.5. The molecule has 0 spiro atoms. The molecule has 2 aromatic carbocycles. The highest BCUT2D eigenvalue weighted by molar-refractivity contribution is 9.09. The van der Waals surface area contributed by atoms with Crippen molar-refractivity contribution < 1.29 is 18.3 Å². The molecule has 0 bridgehead atoms. The molecule has 1 unspecified atom stereocenters. The van der Waals surface area contributed by atoms with Crippen LogP contribution in [-0.4, -0.2) is 13.7 Å². The molecule has 0 aromatic heterocycles. The highest BCUT2D eigenvalue weighted by Gasteiger charge is 2.11. The van der Waals surface area contributed by atoms with Gasteiger partial charge in [-0.2, -0.15) is 8.78 Å². The van der Waals surface area contributed by atoms with Gasteiger partial charge in [-0.15, -0.1) is 0 Å². The van der Waals surface area contributed by atoms with Gasteiger partial charge in [-0.3, -0.25) is 0 Å². The molecule has 0 saturated heterocycles. The minimum atomic E-state index is -2.81. The van der Waals surface area contributed by atoms with Gasteiger partial charge in [0, 0.05) is 4.83 Å². The van der Waals surface area contributed by atoms with Gasteiger partial charge in [-0.05, 0) is 41.8 Å². The second-order valence-electron chi connectivity index (χ2n) is 4.47. The molecule has 0 aliphatic carbocycles. The minimum absolute atomic E-state index is 0.0205. The number of rotatable bonds is 6. The highest BCUT2D eigenvalue weighted by atomic mass is 79.9. The van der Waals surface area contributed by atoms with E-state index >= 15 is 0 Å². The van der Waals surface area contributed by atoms with Gasteiger partial charge >= 0.3 is 6.61 Å². The molecule has 0 N–H and O–H groups in total. The van der Waals surface area contributed by atoms with Gasteiger partial charge in [0.05, 0.1) is 7.11 Å². The summed E-state index contributed by atoms with van der Waals surface area (Å²) in [6.45, 7) is -2.81. The maximum Gasteiger partial charge on any atom is 0.387 e. The number of halogens is 3. The van der Waals surface area contributed by atoms with Crippen LogP contribution in [-0.2, 0) is 6.42 Å². The SMILES string of the molecule is COc1ccc(CC(Br)c2cccc(OC(F)F)c2)cc1. The molecule has 2 rings (SSSR count). The van der Waals surface area contributed by atoms with Crippen molar-refractivity contribution in [2.24, 2.45) is 0 Å². The van der Waals surface area contributed by atoms with Crippen LogP contribution in [0.25, 0.3) is 0 Å². The van der Waals surface area contributed by atoms with Crippen molar-refractivity contribution >= 4 is 15.9 Å². The van der Waals surface area contributed by atoms with E-state index in [1.54, 1.807) is 19.2 Å². The molecule has 2 aromatic rings. The summed E-state index contributed by atoms with van der Waals surface area (Å²) in [7, 11) is 1.62. The number of benzene rings is 2. The molecule has 112 valence electrons. The first-order valence-corrected chi connectivity index (χ1v) is 7.32. The number of hydrogen-bond donors (Lipinski definition) is 0. The van der Waals surface area contributed by atoms with Gasteiger partial charge in [0.15, 0.2) is 0 Å². The third kappa shape index (κ3) is 4.70. The third-order valence-corrected chi connectivity index (χ3v) is 3.87. The molecule has 0 aliphatic rings. The average molecular weight is 357 g/mol. The topological polar surface area (TPSA) is 18.5 Å². The first kappa shape index (κ1) is 15.8. The van der Waals surface area contributed by atoms with Crippen molar-refractivity contribution in [2.45, 2.75) is 17.9 Å². The van der Waals surface area contributed by atoms with Crippen LogP contribution in [0.5, 0.6) is 11.5 Å². The fraction of sp³-hybridized carbons (Fsp3) is 0.250. The van der Waals surface area contributed by atoms with Crippen LogP contribution in [0.15, 0.2) is 48.5 Å². The zero-order chi connectivity index (χ0) is 15.2. The summed E-state index contributed by atoms with van der Waals surface area (Å²) in [6.07, 6.45) is 0.738. The van der Waals surface area contributed by atoms with Crippen molar-refractivity contribution in [3.63, 3.8) is 0 Å². The molecule has 0 saturated carbocycles. The fourth-order valence-electron chi connectivity index (χ4n) is 1.97. The van der Waals surface area contributed by atoms with Crippen LogP contribution >= 0.6 is 15.9 Å². The van der Waals surface area contributed by atoms with Gasteiger partial charge < -0.3 is 9.47 Å². The van der Waals surface area contributed by atoms with Crippen molar-refractivity contribution in [3.05, 3.63) is 59.7 Å². The predicted molar refractivity (Wildman–Crippen MR) is 81.4 cm³/mol. The monoisotopic (exact) mass is 356 g/mol. The Morgan fingerprint density at radius 3 is 2.38 bits per heavy atom. The highest BCUT2D eigenvalue weighted by Crippen LogP contribution is 2.30. The zero-order valence-electron chi connectivity index (χ0n) is 11.4. The summed E-state index contributed by atoms with van der Waals surface area (Å²) >= 11 is 3.58. The number of ether oxygens (including phenoxy) is 2. The Hall–Kier alpha value is -1.62. The number of methoxy groups -OCH3 is 1. The van der Waals surface area contributed by atoms with E-state index in [4.69, 9.17) is 4.74 Å². The Morgan fingerprint density at radius 1 is 1.05 bits per heavy atom. The third-order valence-electron chi connectivity index (χ3n) is 3.02. The molecular formula is C16H15BrF2O2.